The minimum atomic E-state index is 0.0771. The third-order valence-corrected chi connectivity index (χ3v) is 2.02. The highest BCUT2D eigenvalue weighted by atomic mass is 35.5. The smallest absolute Gasteiger partial charge is 0.139 e. The number of nitriles is 1. The zero-order valence-corrected chi connectivity index (χ0v) is 8.34. The number of nitrogens with one attached hydrogen (secondary N) is 1. The zero-order valence-electron chi connectivity index (χ0n) is 7.58. The number of rotatable bonds is 2. The first-order chi connectivity index (χ1) is 6.65. The van der Waals surface area contributed by atoms with E-state index in [1.54, 1.807) is 37.3 Å². The van der Waals surface area contributed by atoms with E-state index in [0.29, 0.717) is 11.4 Å². The second kappa shape index (κ2) is 4.54. The van der Waals surface area contributed by atoms with E-state index in [1.807, 2.05) is 0 Å². The molecule has 0 aliphatic carbocycles. The van der Waals surface area contributed by atoms with Crippen LogP contribution in [-0.2, 0) is 0 Å². The summed E-state index contributed by atoms with van der Waals surface area (Å²) in [6.45, 7) is 1.66. The molecule has 0 aliphatic rings. The minimum absolute atomic E-state index is 0.0771. The van der Waals surface area contributed by atoms with Crippen molar-refractivity contribution in [2.75, 3.05) is 5.32 Å². The summed E-state index contributed by atoms with van der Waals surface area (Å²) in [6.07, 6.45) is 0. The summed E-state index contributed by atoms with van der Waals surface area (Å²) < 4.78 is 0. The van der Waals surface area contributed by atoms with E-state index < -0.39 is 0 Å². The Labute approximate surface area is 87.2 Å². The molecule has 0 heterocycles. The van der Waals surface area contributed by atoms with Crippen LogP contribution in [0.25, 0.3) is 0 Å². The Hall–Kier alpha value is -1.66. The Morgan fingerprint density at radius 3 is 2.71 bits per heavy atom. The summed E-state index contributed by atoms with van der Waals surface area (Å²) in [6, 6.07) is 8.54. The largest absolute Gasteiger partial charge is 0.506 e. The van der Waals surface area contributed by atoms with Crippen molar-refractivity contribution in [2.24, 2.45) is 0 Å². The Morgan fingerprint density at radius 2 is 2.14 bits per heavy atom. The molecule has 0 bridgehead atoms. The van der Waals surface area contributed by atoms with Crippen LogP contribution < -0.4 is 5.32 Å². The summed E-state index contributed by atoms with van der Waals surface area (Å²) in [4.78, 5) is 0. The first kappa shape index (κ1) is 10.4. The number of para-hydroxylation sites is 2. The zero-order chi connectivity index (χ0) is 10.6. The number of hydrogen-bond acceptors (Lipinski definition) is 3. The van der Waals surface area contributed by atoms with Crippen molar-refractivity contribution in [3.05, 3.63) is 35.0 Å². The first-order valence-corrected chi connectivity index (χ1v) is 4.34. The quantitative estimate of drug-likeness (QED) is 0.581. The molecule has 0 unspecified atom stereocenters. The van der Waals surface area contributed by atoms with Crippen molar-refractivity contribution in [2.45, 2.75) is 6.92 Å². The highest BCUT2D eigenvalue weighted by Gasteiger charge is 2.02. The van der Waals surface area contributed by atoms with Crippen LogP contribution in [0.1, 0.15) is 6.92 Å². The van der Waals surface area contributed by atoms with E-state index in [2.05, 4.69) is 5.32 Å². The van der Waals surface area contributed by atoms with Crippen molar-refractivity contribution in [3.8, 4) is 11.8 Å². The number of hydrogen-bond donors (Lipinski definition) is 2. The third kappa shape index (κ3) is 2.41. The molecule has 0 aliphatic heterocycles. The number of phenols is 1. The summed E-state index contributed by atoms with van der Waals surface area (Å²) >= 11 is 5.59. The van der Waals surface area contributed by atoms with Gasteiger partial charge in [0.2, 0.25) is 0 Å². The van der Waals surface area contributed by atoms with Gasteiger partial charge in [-0.15, -0.1) is 0 Å². The predicted octanol–water partition coefficient (Wildman–Crippen LogP) is 2.80. The Morgan fingerprint density at radius 1 is 1.50 bits per heavy atom. The van der Waals surface area contributed by atoms with Gasteiger partial charge in [-0.2, -0.15) is 5.26 Å². The van der Waals surface area contributed by atoms with Crippen LogP contribution in [0, 0.1) is 11.3 Å². The fourth-order valence-corrected chi connectivity index (χ4v) is 0.967. The molecule has 3 nitrogen and oxygen atoms in total. The SMILES string of the molecule is C/C(Nc1ccccc1O)=C(/Cl)C#N. The van der Waals surface area contributed by atoms with Gasteiger partial charge in [-0.05, 0) is 19.1 Å². The lowest BCUT2D eigenvalue weighted by Crippen LogP contribution is -1.97. The molecule has 1 aromatic carbocycles. The number of allylic oxidation sites excluding steroid dienone is 2. The molecule has 0 spiro atoms. The lowest BCUT2D eigenvalue weighted by Gasteiger charge is -2.07. The van der Waals surface area contributed by atoms with Crippen molar-refractivity contribution in [1.29, 1.82) is 5.26 Å². The average Bonchev–Trinajstić information content (AvgIpc) is 2.20. The molecule has 1 aromatic rings. The van der Waals surface area contributed by atoms with E-state index in [0.717, 1.165) is 0 Å². The average molecular weight is 209 g/mol. The highest BCUT2D eigenvalue weighted by molar-refractivity contribution is 6.32. The standard InChI is InChI=1S/C10H9ClN2O/c1-7(8(11)6-12)13-9-4-2-3-5-10(9)14/h2-5,13-14H,1H3/b8-7-. The lowest BCUT2D eigenvalue weighted by molar-refractivity contribution is 0.477. The van der Waals surface area contributed by atoms with Crippen LogP contribution in [0.15, 0.2) is 35.0 Å². The molecule has 0 radical (unpaired) electrons. The van der Waals surface area contributed by atoms with Gasteiger partial charge in [0, 0.05) is 5.70 Å². The van der Waals surface area contributed by atoms with E-state index in [-0.39, 0.29) is 10.8 Å². The van der Waals surface area contributed by atoms with Crippen LogP contribution in [0.2, 0.25) is 0 Å². The van der Waals surface area contributed by atoms with Gasteiger partial charge in [-0.3, -0.25) is 0 Å². The van der Waals surface area contributed by atoms with Crippen molar-refractivity contribution >= 4 is 17.3 Å². The number of anilines is 1. The van der Waals surface area contributed by atoms with E-state index in [1.165, 1.54) is 0 Å². The molecule has 0 atom stereocenters. The Balaban J connectivity index is 2.92. The van der Waals surface area contributed by atoms with Gasteiger partial charge in [-0.1, -0.05) is 23.7 Å². The maximum absolute atomic E-state index is 9.40. The maximum atomic E-state index is 9.40. The molecule has 72 valence electrons. The number of nitrogens with zero attached hydrogens (tertiary/aromatic N) is 1. The van der Waals surface area contributed by atoms with E-state index in [9.17, 15) is 5.11 Å². The molecule has 0 fully saturated rings. The fraction of sp³-hybridized carbons (Fsp3) is 0.100. The summed E-state index contributed by atoms with van der Waals surface area (Å²) in [5, 5.41) is 20.8. The van der Waals surface area contributed by atoms with Crippen LogP contribution >= 0.6 is 11.6 Å². The van der Waals surface area contributed by atoms with Gasteiger partial charge in [0.05, 0.1) is 5.69 Å². The monoisotopic (exact) mass is 208 g/mol. The summed E-state index contributed by atoms with van der Waals surface area (Å²) in [5.41, 5.74) is 1.04. The summed E-state index contributed by atoms with van der Waals surface area (Å²) in [7, 11) is 0. The molecule has 14 heavy (non-hydrogen) atoms. The van der Waals surface area contributed by atoms with Gasteiger partial charge in [-0.25, -0.2) is 0 Å². The molecule has 4 heteroatoms. The van der Waals surface area contributed by atoms with Crippen LogP contribution in [0.5, 0.6) is 5.75 Å². The van der Waals surface area contributed by atoms with Crippen molar-refractivity contribution in [1.82, 2.24) is 0 Å². The normalized spacial score (nSPS) is 11.5. The van der Waals surface area contributed by atoms with Gasteiger partial charge < -0.3 is 10.4 Å². The molecule has 0 saturated heterocycles. The highest BCUT2D eigenvalue weighted by Crippen LogP contribution is 2.24. The van der Waals surface area contributed by atoms with E-state index in [4.69, 9.17) is 16.9 Å². The van der Waals surface area contributed by atoms with Gasteiger partial charge in [0.25, 0.3) is 0 Å². The Bertz CT molecular complexity index is 407. The number of benzene rings is 1. The molecular weight excluding hydrogens is 200 g/mol. The minimum Gasteiger partial charge on any atom is -0.506 e. The Kier molecular flexibility index (Phi) is 3.38. The van der Waals surface area contributed by atoms with Crippen LogP contribution in [0.4, 0.5) is 5.69 Å². The molecule has 2 N–H and O–H groups in total. The van der Waals surface area contributed by atoms with Gasteiger partial charge in [0.1, 0.15) is 16.9 Å². The van der Waals surface area contributed by atoms with Crippen LogP contribution in [-0.4, -0.2) is 5.11 Å². The lowest BCUT2D eigenvalue weighted by atomic mass is 10.3. The topological polar surface area (TPSA) is 56.0 Å². The first-order valence-electron chi connectivity index (χ1n) is 3.96. The molecule has 0 aromatic heterocycles. The number of aromatic hydroxyl groups is 1. The van der Waals surface area contributed by atoms with Crippen molar-refractivity contribution < 1.29 is 5.11 Å². The van der Waals surface area contributed by atoms with Gasteiger partial charge >= 0.3 is 0 Å². The molecule has 1 rings (SSSR count). The summed E-state index contributed by atoms with van der Waals surface area (Å²) in [5.74, 6) is 0.120. The fourth-order valence-electron chi connectivity index (χ4n) is 0.920. The second-order valence-corrected chi connectivity index (χ2v) is 3.07. The van der Waals surface area contributed by atoms with Gasteiger partial charge in [0.15, 0.2) is 0 Å². The second-order valence-electron chi connectivity index (χ2n) is 2.69. The maximum Gasteiger partial charge on any atom is 0.139 e. The third-order valence-electron chi connectivity index (χ3n) is 1.65. The number of halogens is 1. The van der Waals surface area contributed by atoms with Crippen molar-refractivity contribution in [3.63, 3.8) is 0 Å². The predicted molar refractivity (Wildman–Crippen MR) is 55.9 cm³/mol. The van der Waals surface area contributed by atoms with Crippen LogP contribution in [0.3, 0.4) is 0 Å². The molecule has 0 saturated carbocycles. The number of phenolic OH excluding ortho intramolecular Hbond substituents is 1. The molecular formula is C10H9ClN2O. The molecule has 0 amide bonds. The van der Waals surface area contributed by atoms with E-state index >= 15 is 0 Å².